The minimum atomic E-state index is -2.88. The predicted molar refractivity (Wildman–Crippen MR) is 231 cm³/mol. The Kier molecular flexibility index (Phi) is 8.73. The zero-order valence-corrected chi connectivity index (χ0v) is 35.9. The summed E-state index contributed by atoms with van der Waals surface area (Å²) >= 11 is 0. The smallest absolute Gasteiger partial charge is 0.0618 e. The van der Waals surface area contributed by atoms with Crippen molar-refractivity contribution in [3.63, 3.8) is 0 Å². The molecule has 1 aliphatic rings. The average molecular weight is 715 g/mol. The van der Waals surface area contributed by atoms with E-state index >= 15 is 0 Å². The van der Waals surface area contributed by atoms with E-state index in [0.717, 1.165) is 0 Å². The molecule has 0 atom stereocenters. The summed E-state index contributed by atoms with van der Waals surface area (Å²) in [4.78, 5) is 0. The predicted octanol–water partition coefficient (Wildman–Crippen LogP) is 7.73. The van der Waals surface area contributed by atoms with Gasteiger partial charge in [-0.05, 0) is 83.1 Å². The first-order valence-corrected chi connectivity index (χ1v) is 27.7. The Morgan fingerprint density at radius 2 is 0.294 bits per heavy atom. The topological polar surface area (TPSA) is 0 Å². The third kappa shape index (κ3) is 4.47. The Morgan fingerprint density at radius 1 is 0.196 bits per heavy atom. The molecule has 6 aromatic carbocycles. The lowest BCUT2D eigenvalue weighted by Crippen LogP contribution is -2.69. The zero-order valence-electron chi connectivity index (χ0n) is 32.9. The molecular weight excluding hydrogens is 661 g/mol. The first kappa shape index (κ1) is 35.4. The number of hydrogen-bond acceptors (Lipinski definition) is 0. The van der Waals surface area contributed by atoms with Crippen LogP contribution < -0.4 is 31.1 Å². The fraction of sp³-hybridized carbons (Fsp3) is 0.250. The second-order valence-electron chi connectivity index (χ2n) is 15.9. The Morgan fingerprint density at radius 3 is 0.392 bits per heavy atom. The molecule has 1 fully saturated rings. The van der Waals surface area contributed by atoms with Crippen molar-refractivity contribution >= 4 is 52.4 Å². The summed E-state index contributed by atoms with van der Waals surface area (Å²) in [6, 6.07) is 43.3. The van der Waals surface area contributed by atoms with Crippen molar-refractivity contribution in [1.29, 1.82) is 0 Å². The molecule has 1 saturated heterocycles. The second kappa shape index (κ2) is 12.6. The second-order valence-corrected chi connectivity index (χ2v) is 41.4. The SMILES string of the molecule is Cc1cccc(C)c1[Si]1(c2c(C)cccc2C)[Si](c2c(C)cccc2C)(c2c(C)cccc2C)[Si]1(c1c(C)cccc1C)c1c(C)cccc1C. The summed E-state index contributed by atoms with van der Waals surface area (Å²) < 4.78 is 0. The Labute approximate surface area is 310 Å². The van der Waals surface area contributed by atoms with Crippen molar-refractivity contribution in [2.75, 3.05) is 0 Å². The maximum absolute atomic E-state index is 2.88. The van der Waals surface area contributed by atoms with Crippen LogP contribution in [0.15, 0.2) is 109 Å². The molecule has 0 amide bonds. The van der Waals surface area contributed by atoms with Gasteiger partial charge >= 0.3 is 0 Å². The summed E-state index contributed by atoms with van der Waals surface area (Å²) in [5.74, 6) is 0. The number of aryl methyl sites for hydroxylation is 12. The van der Waals surface area contributed by atoms with Crippen molar-refractivity contribution in [3.8, 4) is 0 Å². The standard InChI is InChI=1S/C48H54Si3/c1-31-19-13-20-32(2)43(31)49(44-33(3)21-14-22-34(44)4)50(45-35(5)23-15-24-36(45)6,46-37(7)25-16-26-38(46)8)51(49,47-39(9)27-17-28-40(47)10)48-41(11)29-18-30-42(48)12/h13-30H,1-12H3. The van der Waals surface area contributed by atoms with E-state index in [1.165, 1.54) is 66.8 Å². The lowest BCUT2D eigenvalue weighted by atomic mass is 10.1. The van der Waals surface area contributed by atoms with Gasteiger partial charge in [0.2, 0.25) is 0 Å². The van der Waals surface area contributed by atoms with Gasteiger partial charge in [-0.3, -0.25) is 0 Å². The van der Waals surface area contributed by atoms with E-state index in [2.05, 4.69) is 192 Å². The van der Waals surface area contributed by atoms with Crippen molar-refractivity contribution in [2.45, 2.75) is 83.1 Å². The van der Waals surface area contributed by atoms with Crippen LogP contribution >= 0.6 is 0 Å². The molecule has 3 heteroatoms. The highest BCUT2D eigenvalue weighted by Gasteiger charge is 2.96. The normalized spacial score (nSPS) is 15.5. The Balaban J connectivity index is 2.01. The highest BCUT2D eigenvalue weighted by molar-refractivity contribution is 8.27. The van der Waals surface area contributed by atoms with Crippen molar-refractivity contribution < 1.29 is 0 Å². The van der Waals surface area contributed by atoms with Crippen LogP contribution in [0.3, 0.4) is 0 Å². The molecule has 7 rings (SSSR count). The molecule has 0 N–H and O–H groups in total. The van der Waals surface area contributed by atoms with Crippen LogP contribution in [0.5, 0.6) is 0 Å². The van der Waals surface area contributed by atoms with Crippen LogP contribution in [0.2, 0.25) is 0 Å². The van der Waals surface area contributed by atoms with Crippen LogP contribution in [-0.2, 0) is 0 Å². The van der Waals surface area contributed by atoms with Crippen LogP contribution in [0.4, 0.5) is 0 Å². The van der Waals surface area contributed by atoms with Crippen molar-refractivity contribution in [2.24, 2.45) is 0 Å². The first-order chi connectivity index (χ1) is 24.3. The third-order valence-electron chi connectivity index (χ3n) is 12.8. The van der Waals surface area contributed by atoms with E-state index in [4.69, 9.17) is 0 Å². The molecule has 258 valence electrons. The van der Waals surface area contributed by atoms with Crippen LogP contribution in [0.1, 0.15) is 66.8 Å². The fourth-order valence-electron chi connectivity index (χ4n) is 11.6. The van der Waals surface area contributed by atoms with Gasteiger partial charge in [-0.1, -0.05) is 207 Å². The van der Waals surface area contributed by atoms with Crippen LogP contribution in [0.25, 0.3) is 0 Å². The maximum Gasteiger partial charge on any atom is 0.122 e. The van der Waals surface area contributed by atoms with Gasteiger partial charge in [0.15, 0.2) is 0 Å². The van der Waals surface area contributed by atoms with Gasteiger partial charge in [-0.25, -0.2) is 0 Å². The van der Waals surface area contributed by atoms with Crippen molar-refractivity contribution in [3.05, 3.63) is 176 Å². The molecule has 0 unspecified atom stereocenters. The molecule has 0 spiro atoms. The molecule has 0 aromatic heterocycles. The Bertz CT molecular complexity index is 1810. The number of rotatable bonds is 6. The highest BCUT2D eigenvalue weighted by atomic mass is 30.2. The molecule has 51 heavy (non-hydrogen) atoms. The average Bonchev–Trinajstić information content (AvgIpc) is 3.56. The van der Waals surface area contributed by atoms with E-state index in [1.54, 1.807) is 31.1 Å². The van der Waals surface area contributed by atoms with E-state index in [9.17, 15) is 0 Å². The van der Waals surface area contributed by atoms with Gasteiger partial charge in [0, 0.05) is 0 Å². The van der Waals surface area contributed by atoms with Crippen LogP contribution in [0, 0.1) is 83.1 Å². The van der Waals surface area contributed by atoms with E-state index in [-0.39, 0.29) is 0 Å². The summed E-state index contributed by atoms with van der Waals surface area (Å²) in [5.41, 5.74) is 17.7. The molecular formula is C48H54Si3. The minimum absolute atomic E-state index is 1.48. The number of benzene rings is 6. The largest absolute Gasteiger partial charge is 0.122 e. The van der Waals surface area contributed by atoms with Gasteiger partial charge in [0.25, 0.3) is 0 Å². The maximum atomic E-state index is 2.45. The van der Waals surface area contributed by atoms with Gasteiger partial charge < -0.3 is 0 Å². The molecule has 1 aliphatic heterocycles. The van der Waals surface area contributed by atoms with Gasteiger partial charge in [0.05, 0.1) is 0 Å². The van der Waals surface area contributed by atoms with E-state index < -0.39 is 21.3 Å². The van der Waals surface area contributed by atoms with Crippen molar-refractivity contribution in [1.82, 2.24) is 0 Å². The first-order valence-electron chi connectivity index (χ1n) is 18.7. The third-order valence-corrected chi connectivity index (χ3v) is 59.7. The molecule has 6 aromatic rings. The lowest BCUT2D eigenvalue weighted by Gasteiger charge is -2.34. The van der Waals surface area contributed by atoms with E-state index in [1.807, 2.05) is 0 Å². The zero-order chi connectivity index (χ0) is 36.6. The lowest BCUT2D eigenvalue weighted by molar-refractivity contribution is 1.40. The quantitative estimate of drug-likeness (QED) is 0.155. The van der Waals surface area contributed by atoms with Gasteiger partial charge in [-0.15, -0.1) is 0 Å². The van der Waals surface area contributed by atoms with E-state index in [0.29, 0.717) is 0 Å². The van der Waals surface area contributed by atoms with Gasteiger partial charge in [0.1, 0.15) is 21.3 Å². The molecule has 0 bridgehead atoms. The monoisotopic (exact) mass is 714 g/mol. The van der Waals surface area contributed by atoms with Gasteiger partial charge in [-0.2, -0.15) is 0 Å². The molecule has 0 nitrogen and oxygen atoms in total. The Hall–Kier alpha value is -4.03. The van der Waals surface area contributed by atoms with Crippen LogP contribution in [-0.4, -0.2) is 21.3 Å². The summed E-state index contributed by atoms with van der Waals surface area (Å²) in [6.07, 6.45) is 0. The minimum Gasteiger partial charge on any atom is -0.0618 e. The molecule has 0 saturated carbocycles. The number of hydrogen-bond donors (Lipinski definition) is 0. The summed E-state index contributed by atoms with van der Waals surface area (Å²) in [7, 11) is -8.64. The molecule has 0 aliphatic carbocycles. The molecule has 0 radical (unpaired) electrons. The summed E-state index contributed by atoms with van der Waals surface area (Å²) in [5, 5.41) is 10.3. The molecule has 1 heterocycles. The summed E-state index contributed by atoms with van der Waals surface area (Å²) in [6.45, 7) is 29.4. The fourth-order valence-corrected chi connectivity index (χ4v) is 90.9. The highest BCUT2D eigenvalue weighted by Crippen LogP contribution is 2.54.